The minimum atomic E-state index is 0.193. The first-order valence-electron chi connectivity index (χ1n) is 9.99. The molecule has 0 radical (unpaired) electrons. The van der Waals surface area contributed by atoms with E-state index in [1.54, 1.807) is 0 Å². The van der Waals surface area contributed by atoms with Gasteiger partial charge < -0.3 is 4.90 Å². The van der Waals surface area contributed by atoms with Crippen LogP contribution < -0.4 is 4.90 Å². The normalized spacial score (nSPS) is 17.4. The standard InChI is InChI=1S/C23H31N3O/c1-3-23(27)26(21-12-8-5-9-13-21)17-16-25-15-14-22(19-25)24(2)18-20-10-6-4-7-11-20/h4-13,22H,3,14-19H2,1-2H3/t22-/m0/s1. The number of hydrogen-bond acceptors (Lipinski definition) is 3. The Balaban J connectivity index is 1.52. The van der Waals surface area contributed by atoms with Gasteiger partial charge in [-0.25, -0.2) is 0 Å². The van der Waals surface area contributed by atoms with Crippen LogP contribution in [0.15, 0.2) is 60.7 Å². The molecule has 0 spiro atoms. The van der Waals surface area contributed by atoms with Crippen molar-refractivity contribution in [3.8, 4) is 0 Å². The van der Waals surface area contributed by atoms with Crippen LogP contribution in [0.2, 0.25) is 0 Å². The number of anilines is 1. The topological polar surface area (TPSA) is 26.8 Å². The molecule has 4 heteroatoms. The summed E-state index contributed by atoms with van der Waals surface area (Å²) in [5, 5.41) is 0. The second-order valence-electron chi connectivity index (χ2n) is 7.38. The van der Waals surface area contributed by atoms with E-state index in [1.165, 1.54) is 12.0 Å². The second kappa shape index (κ2) is 9.67. The largest absolute Gasteiger partial charge is 0.311 e. The molecule has 1 aliphatic rings. The van der Waals surface area contributed by atoms with Gasteiger partial charge in [0.25, 0.3) is 0 Å². The van der Waals surface area contributed by atoms with Gasteiger partial charge in [0, 0.05) is 44.3 Å². The highest BCUT2D eigenvalue weighted by Crippen LogP contribution is 2.18. The third kappa shape index (κ3) is 5.41. The number of likely N-dealkylation sites (tertiary alicyclic amines) is 1. The third-order valence-electron chi connectivity index (χ3n) is 5.46. The fourth-order valence-corrected chi connectivity index (χ4v) is 3.81. The molecule has 4 nitrogen and oxygen atoms in total. The molecule has 1 amide bonds. The Bertz CT molecular complexity index is 704. The van der Waals surface area contributed by atoms with E-state index in [9.17, 15) is 4.79 Å². The quantitative estimate of drug-likeness (QED) is 0.715. The van der Waals surface area contributed by atoms with Crippen molar-refractivity contribution in [1.82, 2.24) is 9.80 Å². The number of carbonyl (C=O) groups is 1. The molecule has 27 heavy (non-hydrogen) atoms. The molecule has 0 bridgehead atoms. The monoisotopic (exact) mass is 365 g/mol. The van der Waals surface area contributed by atoms with Gasteiger partial charge in [0.2, 0.25) is 5.91 Å². The first-order valence-corrected chi connectivity index (χ1v) is 9.99. The van der Waals surface area contributed by atoms with Crippen LogP contribution in [0.3, 0.4) is 0 Å². The van der Waals surface area contributed by atoms with Gasteiger partial charge in [-0.15, -0.1) is 0 Å². The SMILES string of the molecule is CCC(=O)N(CCN1CC[C@H](N(C)Cc2ccccc2)C1)c1ccccc1. The molecule has 0 aliphatic carbocycles. The summed E-state index contributed by atoms with van der Waals surface area (Å²) in [5.41, 5.74) is 2.36. The fourth-order valence-electron chi connectivity index (χ4n) is 3.81. The van der Waals surface area contributed by atoms with E-state index >= 15 is 0 Å². The summed E-state index contributed by atoms with van der Waals surface area (Å²) in [6.45, 7) is 6.79. The molecule has 0 aromatic heterocycles. The molecule has 0 unspecified atom stereocenters. The summed E-state index contributed by atoms with van der Waals surface area (Å²) in [5.74, 6) is 0.193. The van der Waals surface area contributed by atoms with E-state index in [0.717, 1.165) is 38.4 Å². The van der Waals surface area contributed by atoms with Crippen LogP contribution in [0.25, 0.3) is 0 Å². The smallest absolute Gasteiger partial charge is 0.226 e. The number of hydrogen-bond donors (Lipinski definition) is 0. The third-order valence-corrected chi connectivity index (χ3v) is 5.46. The van der Waals surface area contributed by atoms with E-state index in [2.05, 4.69) is 47.2 Å². The number of para-hydroxylation sites is 1. The maximum Gasteiger partial charge on any atom is 0.226 e. The number of carbonyl (C=O) groups excluding carboxylic acids is 1. The maximum atomic E-state index is 12.4. The zero-order chi connectivity index (χ0) is 19.1. The fraction of sp³-hybridized carbons (Fsp3) is 0.435. The summed E-state index contributed by atoms with van der Waals surface area (Å²) < 4.78 is 0. The Morgan fingerprint density at radius 2 is 1.74 bits per heavy atom. The summed E-state index contributed by atoms with van der Waals surface area (Å²) in [6, 6.07) is 21.3. The van der Waals surface area contributed by atoms with Crippen molar-refractivity contribution in [3.05, 3.63) is 66.2 Å². The van der Waals surface area contributed by atoms with Gasteiger partial charge in [-0.3, -0.25) is 14.6 Å². The summed E-state index contributed by atoms with van der Waals surface area (Å²) >= 11 is 0. The molecular weight excluding hydrogens is 334 g/mol. The summed E-state index contributed by atoms with van der Waals surface area (Å²) in [6.07, 6.45) is 1.73. The lowest BCUT2D eigenvalue weighted by atomic mass is 10.1. The van der Waals surface area contributed by atoms with Crippen molar-refractivity contribution in [2.24, 2.45) is 0 Å². The van der Waals surface area contributed by atoms with Gasteiger partial charge in [0.05, 0.1) is 0 Å². The van der Waals surface area contributed by atoms with Crippen LogP contribution in [0.4, 0.5) is 5.69 Å². The zero-order valence-corrected chi connectivity index (χ0v) is 16.6. The number of benzene rings is 2. The Labute approximate surface area is 163 Å². The predicted octanol–water partition coefficient (Wildman–Crippen LogP) is 3.64. The van der Waals surface area contributed by atoms with Gasteiger partial charge in [-0.1, -0.05) is 55.5 Å². The van der Waals surface area contributed by atoms with E-state index in [0.29, 0.717) is 12.5 Å². The van der Waals surface area contributed by atoms with E-state index in [-0.39, 0.29) is 5.91 Å². The minimum absolute atomic E-state index is 0.193. The average molecular weight is 366 g/mol. The van der Waals surface area contributed by atoms with Gasteiger partial charge in [-0.05, 0) is 37.7 Å². The molecular formula is C23H31N3O. The van der Waals surface area contributed by atoms with E-state index < -0.39 is 0 Å². The van der Waals surface area contributed by atoms with Crippen molar-refractivity contribution >= 4 is 11.6 Å². The highest BCUT2D eigenvalue weighted by atomic mass is 16.2. The van der Waals surface area contributed by atoms with Crippen LogP contribution in [-0.2, 0) is 11.3 Å². The van der Waals surface area contributed by atoms with Crippen LogP contribution in [0.1, 0.15) is 25.3 Å². The second-order valence-corrected chi connectivity index (χ2v) is 7.38. The molecule has 1 fully saturated rings. The number of rotatable bonds is 8. The highest BCUT2D eigenvalue weighted by molar-refractivity contribution is 5.93. The molecule has 0 N–H and O–H groups in total. The lowest BCUT2D eigenvalue weighted by Crippen LogP contribution is -2.39. The number of amides is 1. The van der Waals surface area contributed by atoms with Crippen molar-refractivity contribution in [3.63, 3.8) is 0 Å². The summed E-state index contributed by atoms with van der Waals surface area (Å²) in [7, 11) is 2.22. The lowest BCUT2D eigenvalue weighted by molar-refractivity contribution is -0.118. The first-order chi connectivity index (χ1) is 13.2. The van der Waals surface area contributed by atoms with Crippen LogP contribution >= 0.6 is 0 Å². The van der Waals surface area contributed by atoms with Gasteiger partial charge >= 0.3 is 0 Å². The van der Waals surface area contributed by atoms with E-state index in [1.807, 2.05) is 42.2 Å². The molecule has 144 valence electrons. The highest BCUT2D eigenvalue weighted by Gasteiger charge is 2.26. The molecule has 3 rings (SSSR count). The van der Waals surface area contributed by atoms with E-state index in [4.69, 9.17) is 0 Å². The molecule has 1 atom stereocenters. The van der Waals surface area contributed by atoms with Crippen LogP contribution in [0.5, 0.6) is 0 Å². The lowest BCUT2D eigenvalue weighted by Gasteiger charge is -2.27. The molecule has 1 saturated heterocycles. The maximum absolute atomic E-state index is 12.4. The summed E-state index contributed by atoms with van der Waals surface area (Å²) in [4.78, 5) is 19.3. The Morgan fingerprint density at radius 1 is 1.07 bits per heavy atom. The minimum Gasteiger partial charge on any atom is -0.311 e. The Morgan fingerprint density at radius 3 is 2.41 bits per heavy atom. The number of likely N-dealkylation sites (N-methyl/N-ethyl adjacent to an activating group) is 1. The molecule has 2 aromatic rings. The number of nitrogens with zero attached hydrogens (tertiary/aromatic N) is 3. The van der Waals surface area contributed by atoms with Crippen molar-refractivity contribution in [2.45, 2.75) is 32.4 Å². The molecule has 2 aromatic carbocycles. The van der Waals surface area contributed by atoms with Crippen molar-refractivity contribution in [1.29, 1.82) is 0 Å². The Kier molecular flexibility index (Phi) is 7.02. The molecule has 0 saturated carbocycles. The average Bonchev–Trinajstić information content (AvgIpc) is 3.19. The van der Waals surface area contributed by atoms with Gasteiger partial charge in [0.1, 0.15) is 0 Å². The van der Waals surface area contributed by atoms with Crippen molar-refractivity contribution < 1.29 is 4.79 Å². The van der Waals surface area contributed by atoms with Crippen molar-refractivity contribution in [2.75, 3.05) is 38.1 Å². The Hall–Kier alpha value is -2.17. The van der Waals surface area contributed by atoms with Gasteiger partial charge in [-0.2, -0.15) is 0 Å². The van der Waals surface area contributed by atoms with Crippen LogP contribution in [0, 0.1) is 0 Å². The predicted molar refractivity (Wildman–Crippen MR) is 112 cm³/mol. The molecule has 1 heterocycles. The first kappa shape index (κ1) is 19.6. The zero-order valence-electron chi connectivity index (χ0n) is 16.6. The molecule has 1 aliphatic heterocycles. The van der Waals surface area contributed by atoms with Gasteiger partial charge in [0.15, 0.2) is 0 Å². The van der Waals surface area contributed by atoms with Crippen LogP contribution in [-0.4, -0.2) is 55.0 Å².